The third-order valence-corrected chi connectivity index (χ3v) is 4.65. The Morgan fingerprint density at radius 3 is 1.76 bits per heavy atom. The number of rotatable bonds is 19. The predicted octanol–water partition coefficient (Wildman–Crippen LogP) is 1.89. The monoisotopic (exact) mass is 482 g/mol. The minimum absolute atomic E-state index is 0. The van der Waals surface area contributed by atoms with Crippen LogP contribution in [0.2, 0.25) is 0 Å². The zero-order valence-electron chi connectivity index (χ0n) is 21.1. The van der Waals surface area contributed by atoms with E-state index < -0.39 is 12.1 Å². The number of allylic oxidation sites excluding steroid dienone is 8. The predicted molar refractivity (Wildman–Crippen MR) is 131 cm³/mol. The van der Waals surface area contributed by atoms with Gasteiger partial charge in [0.2, 0.25) is 0 Å². The van der Waals surface area contributed by atoms with Gasteiger partial charge in [0.15, 0.2) is 6.10 Å². The molecule has 0 aromatic heterocycles. The standard InChI is InChI=1S/C27H45NO4.ClH/c1-5-6-7-8-9-10-11-12-13-14-15-16-17-18-19-20-21-22-27(31)32-25(23-26(29)30)24-28(2,3)4;/h9-10,12-13,15-16,18-19,25H,5-8,11,14,17,20-24H2,1-4H3;1H/p-1/b10-9+,13-12+,16-15+,19-18+;. The molecule has 0 fully saturated rings. The number of unbranched alkanes of at least 4 members (excludes halogenated alkanes) is 4. The molecule has 0 heterocycles. The minimum Gasteiger partial charge on any atom is -1.00 e. The number of esters is 1. The maximum atomic E-state index is 12.0. The van der Waals surface area contributed by atoms with E-state index in [9.17, 15) is 14.7 Å². The normalized spacial score (nSPS) is 13.2. The number of carbonyl (C=O) groups excluding carboxylic acids is 2. The first-order valence-corrected chi connectivity index (χ1v) is 12.0. The molecule has 0 bridgehead atoms. The molecule has 0 rings (SSSR count). The number of ether oxygens (including phenoxy) is 1. The van der Waals surface area contributed by atoms with E-state index in [4.69, 9.17) is 4.74 Å². The van der Waals surface area contributed by atoms with E-state index in [1.807, 2.05) is 21.1 Å². The Balaban J connectivity index is 0. The molecule has 0 aromatic carbocycles. The largest absolute Gasteiger partial charge is 1.00 e. The van der Waals surface area contributed by atoms with E-state index >= 15 is 0 Å². The molecule has 0 N–H and O–H groups in total. The summed E-state index contributed by atoms with van der Waals surface area (Å²) in [6.07, 6.45) is 26.1. The molecule has 0 radical (unpaired) electrons. The van der Waals surface area contributed by atoms with Crippen molar-refractivity contribution in [3.63, 3.8) is 0 Å². The summed E-state index contributed by atoms with van der Waals surface area (Å²) in [6.45, 7) is 2.67. The Morgan fingerprint density at radius 1 is 0.818 bits per heavy atom. The number of nitrogens with zero attached hydrogens (tertiary/aromatic N) is 1. The van der Waals surface area contributed by atoms with Crippen molar-refractivity contribution in [1.82, 2.24) is 0 Å². The third-order valence-electron chi connectivity index (χ3n) is 4.65. The fraction of sp³-hybridized carbons (Fsp3) is 0.630. The lowest BCUT2D eigenvalue weighted by atomic mass is 10.2. The van der Waals surface area contributed by atoms with Crippen LogP contribution in [0.4, 0.5) is 0 Å². The Kier molecular flexibility index (Phi) is 22.2. The molecule has 1 atom stereocenters. The Morgan fingerprint density at radius 2 is 1.30 bits per heavy atom. The summed E-state index contributed by atoms with van der Waals surface area (Å²) >= 11 is 0. The quantitative estimate of drug-likeness (QED) is 0.122. The van der Waals surface area contributed by atoms with Gasteiger partial charge in [0, 0.05) is 18.8 Å². The topological polar surface area (TPSA) is 66.4 Å². The van der Waals surface area contributed by atoms with Crippen LogP contribution in [0.25, 0.3) is 0 Å². The summed E-state index contributed by atoms with van der Waals surface area (Å²) in [5, 5.41) is 10.9. The van der Waals surface area contributed by atoms with Crippen LogP contribution in [0.5, 0.6) is 0 Å². The molecule has 0 saturated carbocycles. The number of carboxylic acid groups (broad SMARTS) is 1. The summed E-state index contributed by atoms with van der Waals surface area (Å²) in [6, 6.07) is 0. The van der Waals surface area contributed by atoms with Crippen LogP contribution in [-0.4, -0.2) is 50.2 Å². The Bertz CT molecular complexity index is 618. The molecule has 0 aromatic rings. The highest BCUT2D eigenvalue weighted by atomic mass is 35.5. The summed E-state index contributed by atoms with van der Waals surface area (Å²) in [4.78, 5) is 22.9. The van der Waals surface area contributed by atoms with Crippen molar-refractivity contribution >= 4 is 11.9 Å². The van der Waals surface area contributed by atoms with Gasteiger partial charge >= 0.3 is 5.97 Å². The zero-order chi connectivity index (χ0) is 24.1. The third kappa shape index (κ3) is 26.3. The summed E-state index contributed by atoms with van der Waals surface area (Å²) < 4.78 is 5.87. The fourth-order valence-corrected chi connectivity index (χ4v) is 3.11. The van der Waals surface area contributed by atoms with Crippen LogP contribution >= 0.6 is 0 Å². The second-order valence-electron chi connectivity index (χ2n) is 9.14. The van der Waals surface area contributed by atoms with Crippen molar-refractivity contribution in [3.05, 3.63) is 48.6 Å². The van der Waals surface area contributed by atoms with Gasteiger partial charge in [-0.15, -0.1) is 0 Å². The highest BCUT2D eigenvalue weighted by molar-refractivity contribution is 5.70. The van der Waals surface area contributed by atoms with Gasteiger partial charge in [-0.25, -0.2) is 0 Å². The van der Waals surface area contributed by atoms with Gasteiger partial charge in [0.25, 0.3) is 0 Å². The van der Waals surface area contributed by atoms with Crippen LogP contribution in [0.1, 0.15) is 77.6 Å². The first kappa shape index (κ1) is 33.3. The summed E-state index contributed by atoms with van der Waals surface area (Å²) in [7, 11) is 5.79. The molecule has 1 unspecified atom stereocenters. The number of hydrogen-bond acceptors (Lipinski definition) is 4. The first-order valence-electron chi connectivity index (χ1n) is 12.0. The number of carboxylic acids is 1. The van der Waals surface area contributed by atoms with Crippen LogP contribution in [0.3, 0.4) is 0 Å². The van der Waals surface area contributed by atoms with Gasteiger partial charge in [-0.3, -0.25) is 4.79 Å². The van der Waals surface area contributed by atoms with Crippen LogP contribution in [0.15, 0.2) is 48.6 Å². The second-order valence-corrected chi connectivity index (χ2v) is 9.14. The molecule has 0 aliphatic carbocycles. The summed E-state index contributed by atoms with van der Waals surface area (Å²) in [5.74, 6) is -1.54. The van der Waals surface area contributed by atoms with Crippen molar-refractivity contribution in [1.29, 1.82) is 0 Å². The molecule has 0 saturated heterocycles. The second kappa shape index (κ2) is 22.0. The van der Waals surface area contributed by atoms with Crippen molar-refractivity contribution in [3.8, 4) is 0 Å². The average Bonchev–Trinajstić information content (AvgIpc) is 2.68. The summed E-state index contributed by atoms with van der Waals surface area (Å²) in [5.41, 5.74) is 0. The van der Waals surface area contributed by atoms with Crippen LogP contribution in [0, 0.1) is 0 Å². The lowest BCUT2D eigenvalue weighted by Gasteiger charge is -2.29. The molecule has 0 spiro atoms. The van der Waals surface area contributed by atoms with Crippen molar-refractivity contribution < 1.29 is 36.3 Å². The smallest absolute Gasteiger partial charge is 0.306 e. The van der Waals surface area contributed by atoms with E-state index in [0.29, 0.717) is 23.9 Å². The lowest BCUT2D eigenvalue weighted by molar-refractivity contribution is -0.873. The molecule has 5 nitrogen and oxygen atoms in total. The van der Waals surface area contributed by atoms with Gasteiger partial charge in [0.05, 0.1) is 21.1 Å². The molecule has 0 aliphatic rings. The molecule has 0 aliphatic heterocycles. The van der Waals surface area contributed by atoms with E-state index in [0.717, 1.165) is 25.7 Å². The van der Waals surface area contributed by atoms with Gasteiger partial charge in [0.1, 0.15) is 6.54 Å². The van der Waals surface area contributed by atoms with E-state index in [-0.39, 0.29) is 24.8 Å². The Labute approximate surface area is 208 Å². The molecule has 190 valence electrons. The minimum atomic E-state index is -1.20. The maximum Gasteiger partial charge on any atom is 0.306 e. The Hall–Kier alpha value is -1.85. The first-order chi connectivity index (χ1) is 15.2. The van der Waals surface area contributed by atoms with E-state index in [2.05, 4.69) is 55.5 Å². The fourth-order valence-electron chi connectivity index (χ4n) is 3.11. The highest BCUT2D eigenvalue weighted by Gasteiger charge is 2.22. The average molecular weight is 483 g/mol. The van der Waals surface area contributed by atoms with Crippen molar-refractivity contribution in [2.45, 2.75) is 83.7 Å². The number of aliphatic carboxylic acids is 1. The van der Waals surface area contributed by atoms with Crippen molar-refractivity contribution in [2.75, 3.05) is 27.7 Å². The SMILES string of the molecule is CCCCC/C=C/C/C=C/C/C=C/C/C=C/CCCC(=O)OC(CC(=O)[O-])C[N+](C)(C)C.[Cl-]. The van der Waals surface area contributed by atoms with Crippen LogP contribution in [-0.2, 0) is 14.3 Å². The molecular formula is C27H45ClNO4-. The zero-order valence-corrected chi connectivity index (χ0v) is 21.9. The molecular weight excluding hydrogens is 438 g/mol. The van der Waals surface area contributed by atoms with Gasteiger partial charge in [-0.2, -0.15) is 0 Å². The number of hydrogen-bond donors (Lipinski definition) is 0. The van der Waals surface area contributed by atoms with E-state index in [1.165, 1.54) is 25.7 Å². The molecule has 6 heteroatoms. The van der Waals surface area contributed by atoms with Gasteiger partial charge in [-0.1, -0.05) is 68.4 Å². The molecule has 33 heavy (non-hydrogen) atoms. The lowest BCUT2D eigenvalue weighted by Crippen LogP contribution is -3.00. The van der Waals surface area contributed by atoms with Crippen molar-refractivity contribution in [2.24, 2.45) is 0 Å². The highest BCUT2D eigenvalue weighted by Crippen LogP contribution is 2.08. The number of halogens is 1. The number of quaternary nitrogens is 1. The number of likely N-dealkylation sites (N-methyl/N-ethyl adjacent to an activating group) is 1. The maximum absolute atomic E-state index is 12.0. The van der Waals surface area contributed by atoms with Gasteiger partial charge in [-0.05, 0) is 44.9 Å². The molecule has 0 amide bonds. The van der Waals surface area contributed by atoms with Crippen LogP contribution < -0.4 is 17.5 Å². The number of carbonyl (C=O) groups is 2. The van der Waals surface area contributed by atoms with E-state index in [1.54, 1.807) is 0 Å². The van der Waals surface area contributed by atoms with Gasteiger partial charge < -0.3 is 31.5 Å².